The summed E-state index contributed by atoms with van der Waals surface area (Å²) in [6.07, 6.45) is 10.5. The van der Waals surface area contributed by atoms with Gasteiger partial charge in [0.1, 0.15) is 11.5 Å². The van der Waals surface area contributed by atoms with E-state index in [1.165, 1.54) is 11.3 Å². The first-order valence-electron chi connectivity index (χ1n) is 13.5. The van der Waals surface area contributed by atoms with Gasteiger partial charge in [-0.05, 0) is 44.2 Å². The number of nitrogens with one attached hydrogen (secondary N) is 2. The fourth-order valence-electron chi connectivity index (χ4n) is 5.84. The van der Waals surface area contributed by atoms with Crippen LogP contribution in [0.3, 0.4) is 0 Å². The van der Waals surface area contributed by atoms with Crippen LogP contribution in [0.25, 0.3) is 11.0 Å². The standard InChI is InChI=1S/C27H34N8O3/c1-33(2)27(37)38-23-13-18-15-29-26(32-24(18)35(23)21-5-3-4-6-21)31-22-10-7-17(14-28-22)25(36)34-12-11-19-8-9-20(16-34)30-19/h7,10,13-15,19-21,30H,3-6,8-9,11-12,16H2,1-2H3,(H,28,29,31,32)/t19-,20+/m0/s1. The van der Waals surface area contributed by atoms with Crippen molar-refractivity contribution in [2.75, 3.05) is 32.5 Å². The molecule has 1 saturated carbocycles. The quantitative estimate of drug-likeness (QED) is 0.525. The van der Waals surface area contributed by atoms with Crippen molar-refractivity contribution < 1.29 is 14.3 Å². The smallest absolute Gasteiger partial charge is 0.393 e. The molecule has 3 aromatic rings. The third-order valence-electron chi connectivity index (χ3n) is 7.85. The second-order valence-corrected chi connectivity index (χ2v) is 10.8. The van der Waals surface area contributed by atoms with Gasteiger partial charge >= 0.3 is 6.09 Å². The van der Waals surface area contributed by atoms with E-state index in [1.807, 2.05) is 15.5 Å². The molecule has 1 aliphatic carbocycles. The highest BCUT2D eigenvalue weighted by Crippen LogP contribution is 2.37. The number of fused-ring (bicyclic) bond motifs is 3. The Morgan fingerprint density at radius 2 is 1.87 bits per heavy atom. The molecule has 0 spiro atoms. The van der Waals surface area contributed by atoms with Gasteiger partial charge in [-0.2, -0.15) is 4.98 Å². The molecule has 3 aromatic heterocycles. The lowest BCUT2D eigenvalue weighted by Gasteiger charge is -2.24. The maximum Gasteiger partial charge on any atom is 0.415 e. The molecule has 38 heavy (non-hydrogen) atoms. The summed E-state index contributed by atoms with van der Waals surface area (Å²) >= 11 is 0. The molecule has 5 heterocycles. The summed E-state index contributed by atoms with van der Waals surface area (Å²) < 4.78 is 7.70. The second-order valence-electron chi connectivity index (χ2n) is 10.8. The molecule has 11 heteroatoms. The Kier molecular flexibility index (Phi) is 6.61. The zero-order valence-corrected chi connectivity index (χ0v) is 21.9. The van der Waals surface area contributed by atoms with E-state index in [-0.39, 0.29) is 11.9 Å². The Labute approximate surface area is 221 Å². The number of aromatic nitrogens is 4. The van der Waals surface area contributed by atoms with Crippen LogP contribution in [0, 0.1) is 0 Å². The van der Waals surface area contributed by atoms with Crippen molar-refractivity contribution in [1.82, 2.24) is 34.6 Å². The predicted molar refractivity (Wildman–Crippen MR) is 143 cm³/mol. The summed E-state index contributed by atoms with van der Waals surface area (Å²) in [5.41, 5.74) is 1.29. The van der Waals surface area contributed by atoms with E-state index in [1.54, 1.807) is 38.6 Å². The Morgan fingerprint density at radius 1 is 1.05 bits per heavy atom. The molecule has 2 saturated heterocycles. The summed E-state index contributed by atoms with van der Waals surface area (Å²) in [6, 6.07) is 6.54. The van der Waals surface area contributed by atoms with Gasteiger partial charge in [0.05, 0.1) is 5.56 Å². The zero-order valence-electron chi connectivity index (χ0n) is 21.9. The van der Waals surface area contributed by atoms with Crippen molar-refractivity contribution in [3.63, 3.8) is 0 Å². The van der Waals surface area contributed by atoms with Crippen LogP contribution in [0.15, 0.2) is 30.6 Å². The molecular formula is C27H34N8O3. The van der Waals surface area contributed by atoms with E-state index >= 15 is 0 Å². The van der Waals surface area contributed by atoms with Crippen molar-refractivity contribution in [3.8, 4) is 5.88 Å². The molecule has 0 aromatic carbocycles. The second kappa shape index (κ2) is 10.2. The molecule has 200 valence electrons. The van der Waals surface area contributed by atoms with E-state index in [9.17, 15) is 9.59 Å². The van der Waals surface area contributed by atoms with E-state index in [0.717, 1.165) is 57.0 Å². The molecule has 6 rings (SSSR count). The number of rotatable bonds is 5. The van der Waals surface area contributed by atoms with Gasteiger partial charge in [0.25, 0.3) is 5.91 Å². The van der Waals surface area contributed by atoms with Crippen LogP contribution in [0.1, 0.15) is 61.3 Å². The Bertz CT molecular complexity index is 1330. The molecule has 2 aliphatic heterocycles. The molecule has 2 atom stereocenters. The van der Waals surface area contributed by atoms with Crippen LogP contribution in [0.4, 0.5) is 16.6 Å². The zero-order chi connectivity index (χ0) is 26.2. The fourth-order valence-corrected chi connectivity index (χ4v) is 5.84. The molecule has 2 N–H and O–H groups in total. The largest absolute Gasteiger partial charge is 0.415 e. The third kappa shape index (κ3) is 4.90. The number of hydrogen-bond donors (Lipinski definition) is 2. The van der Waals surface area contributed by atoms with Crippen molar-refractivity contribution >= 4 is 34.8 Å². The molecule has 0 radical (unpaired) electrons. The van der Waals surface area contributed by atoms with Crippen LogP contribution < -0.4 is 15.4 Å². The number of pyridine rings is 1. The van der Waals surface area contributed by atoms with E-state index < -0.39 is 6.09 Å². The van der Waals surface area contributed by atoms with Gasteiger partial charge in [-0.1, -0.05) is 12.8 Å². The van der Waals surface area contributed by atoms with Gasteiger partial charge in [0.15, 0.2) is 0 Å². The lowest BCUT2D eigenvalue weighted by atomic mass is 10.1. The number of carbonyl (C=O) groups is 2. The number of likely N-dealkylation sites (tertiary alicyclic amines) is 1. The van der Waals surface area contributed by atoms with Crippen LogP contribution in [0.5, 0.6) is 5.88 Å². The van der Waals surface area contributed by atoms with E-state index in [4.69, 9.17) is 9.72 Å². The average Bonchev–Trinajstić information content (AvgIpc) is 3.62. The van der Waals surface area contributed by atoms with Gasteiger partial charge in [-0.3, -0.25) is 9.36 Å². The topological polar surface area (TPSA) is 118 Å². The Balaban J connectivity index is 1.20. The normalized spacial score (nSPS) is 21.5. The molecule has 3 fully saturated rings. The number of carbonyl (C=O) groups excluding carboxylic acids is 2. The Morgan fingerprint density at radius 3 is 2.63 bits per heavy atom. The van der Waals surface area contributed by atoms with Gasteiger partial charge in [0.2, 0.25) is 11.8 Å². The number of ether oxygens (including phenoxy) is 1. The lowest BCUT2D eigenvalue weighted by Crippen LogP contribution is -2.39. The van der Waals surface area contributed by atoms with Gasteiger partial charge in [-0.25, -0.2) is 14.8 Å². The fraction of sp³-hybridized carbons (Fsp3) is 0.519. The van der Waals surface area contributed by atoms with Crippen molar-refractivity contribution in [2.24, 2.45) is 0 Å². The van der Waals surface area contributed by atoms with Crippen LogP contribution >= 0.6 is 0 Å². The first-order valence-corrected chi connectivity index (χ1v) is 13.5. The van der Waals surface area contributed by atoms with Gasteiger partial charge in [0, 0.05) is 69.2 Å². The molecular weight excluding hydrogens is 484 g/mol. The minimum atomic E-state index is -0.429. The Hall–Kier alpha value is -3.73. The molecule has 0 unspecified atom stereocenters. The van der Waals surface area contributed by atoms with E-state index in [0.29, 0.717) is 40.9 Å². The minimum absolute atomic E-state index is 0.0188. The minimum Gasteiger partial charge on any atom is -0.393 e. The SMILES string of the molecule is CN(C)C(=O)Oc1cc2cnc(Nc3ccc(C(=O)N4CC[C@@H]5CC[C@H](C4)N5)cn3)nc2n1C1CCCC1. The molecule has 3 aliphatic rings. The summed E-state index contributed by atoms with van der Waals surface area (Å²) in [5, 5.41) is 7.58. The number of nitrogens with zero attached hydrogens (tertiary/aromatic N) is 6. The highest BCUT2D eigenvalue weighted by molar-refractivity contribution is 5.94. The summed E-state index contributed by atoms with van der Waals surface area (Å²) in [6.45, 7) is 1.52. The first kappa shape index (κ1) is 24.6. The van der Waals surface area contributed by atoms with Gasteiger partial charge < -0.3 is 25.2 Å². The van der Waals surface area contributed by atoms with E-state index in [2.05, 4.69) is 20.6 Å². The van der Waals surface area contributed by atoms with Crippen molar-refractivity contribution in [2.45, 2.75) is 63.1 Å². The van der Waals surface area contributed by atoms with Crippen molar-refractivity contribution in [3.05, 3.63) is 36.2 Å². The summed E-state index contributed by atoms with van der Waals surface area (Å²) in [7, 11) is 3.32. The van der Waals surface area contributed by atoms with Crippen LogP contribution in [-0.4, -0.2) is 80.6 Å². The molecule has 11 nitrogen and oxygen atoms in total. The lowest BCUT2D eigenvalue weighted by molar-refractivity contribution is 0.0747. The highest BCUT2D eigenvalue weighted by atomic mass is 16.6. The number of amides is 2. The van der Waals surface area contributed by atoms with Crippen LogP contribution in [-0.2, 0) is 0 Å². The number of anilines is 2. The maximum atomic E-state index is 13.1. The average molecular weight is 519 g/mol. The number of hydrogen-bond acceptors (Lipinski definition) is 8. The predicted octanol–water partition coefficient (Wildman–Crippen LogP) is 3.71. The highest BCUT2D eigenvalue weighted by Gasteiger charge is 2.31. The monoisotopic (exact) mass is 518 g/mol. The first-order chi connectivity index (χ1) is 18.4. The molecule has 2 bridgehead atoms. The van der Waals surface area contributed by atoms with Crippen LogP contribution in [0.2, 0.25) is 0 Å². The maximum absolute atomic E-state index is 13.1. The summed E-state index contributed by atoms with van der Waals surface area (Å²) in [5.74, 6) is 1.44. The third-order valence-corrected chi connectivity index (χ3v) is 7.85. The van der Waals surface area contributed by atoms with Crippen molar-refractivity contribution in [1.29, 1.82) is 0 Å². The van der Waals surface area contributed by atoms with Gasteiger partial charge in [-0.15, -0.1) is 0 Å². The molecule has 2 amide bonds. The summed E-state index contributed by atoms with van der Waals surface area (Å²) in [4.78, 5) is 42.4.